The minimum absolute atomic E-state index is 0.198. The van der Waals surface area contributed by atoms with Gasteiger partial charge in [0.2, 0.25) is 5.82 Å². The zero-order valence-corrected chi connectivity index (χ0v) is 16.3. The van der Waals surface area contributed by atoms with E-state index in [1.54, 1.807) is 36.8 Å². The van der Waals surface area contributed by atoms with Crippen molar-refractivity contribution in [1.29, 1.82) is 0 Å². The summed E-state index contributed by atoms with van der Waals surface area (Å²) in [5.41, 5.74) is 3.35. The van der Waals surface area contributed by atoms with Crippen LogP contribution in [0.4, 0.5) is 0 Å². The average molecular weight is 392 g/mol. The molecule has 29 heavy (non-hydrogen) atoms. The second-order valence-corrected chi connectivity index (χ2v) is 7.00. The lowest BCUT2D eigenvalue weighted by Gasteiger charge is -2.33. The maximum absolute atomic E-state index is 13.4. The molecule has 0 fully saturated rings. The normalized spacial score (nSPS) is 16.2. The molecule has 0 unspecified atom stereocenters. The number of ether oxygens (including phenoxy) is 1. The maximum Gasteiger partial charge on any atom is 0.292 e. The summed E-state index contributed by atoms with van der Waals surface area (Å²) in [5, 5.41) is 8.94. The Hall–Kier alpha value is -3.69. The molecule has 1 aliphatic rings. The predicted molar refractivity (Wildman–Crippen MR) is 103 cm³/mol. The molecule has 1 aliphatic heterocycles. The third-order valence-corrected chi connectivity index (χ3v) is 5.23. The first-order valence-electron chi connectivity index (χ1n) is 9.30. The Morgan fingerprint density at radius 1 is 1.34 bits per heavy atom. The van der Waals surface area contributed by atoms with E-state index in [1.165, 1.54) is 4.68 Å². The Labute approximate surface area is 166 Å². The molecule has 0 spiro atoms. The molecule has 5 rings (SSSR count). The van der Waals surface area contributed by atoms with Crippen molar-refractivity contribution in [3.05, 3.63) is 59.5 Å². The van der Waals surface area contributed by atoms with Crippen molar-refractivity contribution in [3.63, 3.8) is 0 Å². The molecular weight excluding hydrogens is 372 g/mol. The number of hydrogen-bond donors (Lipinski definition) is 1. The summed E-state index contributed by atoms with van der Waals surface area (Å²) >= 11 is 0. The smallest absolute Gasteiger partial charge is 0.292 e. The molecule has 0 saturated carbocycles. The fraction of sp³-hybridized carbons (Fsp3) is 0.316. The molecule has 148 valence electrons. The summed E-state index contributed by atoms with van der Waals surface area (Å²) in [6.07, 6.45) is 4.20. The third kappa shape index (κ3) is 2.67. The SMILES string of the molecule is COc1cccn2nc([C@@H]3c4nc[nH]c4CCN3C(=O)c3nc(C)nn3C)cc12. The van der Waals surface area contributed by atoms with Gasteiger partial charge in [-0.05, 0) is 25.1 Å². The maximum atomic E-state index is 13.4. The summed E-state index contributed by atoms with van der Waals surface area (Å²) in [6.45, 7) is 2.29. The standard InChI is InChI=1S/C19H20N8O2/c1-11-22-18(25(2)23-11)19(28)26-8-6-12-16(21-10-20-12)17(26)13-9-14-15(29-3)5-4-7-27(14)24-13/h4-5,7,9-10,17H,6,8H2,1-3H3,(H,20,21)/t17-/m1/s1. The summed E-state index contributed by atoms with van der Waals surface area (Å²) in [4.78, 5) is 27.2. The van der Waals surface area contributed by atoms with Crippen LogP contribution in [0.1, 0.15) is 39.6 Å². The van der Waals surface area contributed by atoms with E-state index in [-0.39, 0.29) is 5.91 Å². The van der Waals surface area contributed by atoms with Gasteiger partial charge in [0, 0.05) is 31.9 Å². The highest BCUT2D eigenvalue weighted by Gasteiger charge is 2.37. The van der Waals surface area contributed by atoms with Gasteiger partial charge in [0.05, 0.1) is 24.8 Å². The molecule has 0 aromatic carbocycles. The molecule has 0 bridgehead atoms. The minimum atomic E-state index is -0.431. The van der Waals surface area contributed by atoms with Crippen LogP contribution in [0.5, 0.6) is 5.75 Å². The van der Waals surface area contributed by atoms with Gasteiger partial charge in [0.15, 0.2) is 0 Å². The zero-order chi connectivity index (χ0) is 20.1. The van der Waals surface area contributed by atoms with E-state index in [0.29, 0.717) is 30.4 Å². The van der Waals surface area contributed by atoms with Gasteiger partial charge in [-0.2, -0.15) is 10.2 Å². The molecule has 10 heteroatoms. The number of H-pyrrole nitrogens is 1. The van der Waals surface area contributed by atoms with Crippen molar-refractivity contribution in [2.24, 2.45) is 7.05 Å². The van der Waals surface area contributed by atoms with Crippen LogP contribution >= 0.6 is 0 Å². The Morgan fingerprint density at radius 3 is 2.97 bits per heavy atom. The van der Waals surface area contributed by atoms with E-state index >= 15 is 0 Å². The Morgan fingerprint density at radius 2 is 2.21 bits per heavy atom. The highest BCUT2D eigenvalue weighted by atomic mass is 16.5. The summed E-state index contributed by atoms with van der Waals surface area (Å²) < 4.78 is 8.73. The molecule has 0 saturated heterocycles. The number of fused-ring (bicyclic) bond motifs is 2. The Bertz CT molecular complexity index is 1220. The molecule has 1 amide bonds. The number of rotatable bonds is 3. The molecule has 0 radical (unpaired) electrons. The molecule has 0 aliphatic carbocycles. The molecule has 5 heterocycles. The number of imidazole rings is 1. The molecule has 1 N–H and O–H groups in total. The molecular formula is C19H20N8O2. The minimum Gasteiger partial charge on any atom is -0.494 e. The van der Waals surface area contributed by atoms with Crippen molar-refractivity contribution in [3.8, 4) is 5.75 Å². The first-order chi connectivity index (χ1) is 14.1. The van der Waals surface area contributed by atoms with Gasteiger partial charge >= 0.3 is 0 Å². The third-order valence-electron chi connectivity index (χ3n) is 5.23. The van der Waals surface area contributed by atoms with Gasteiger partial charge in [-0.1, -0.05) is 0 Å². The molecule has 4 aromatic heterocycles. The van der Waals surface area contributed by atoms with Crippen molar-refractivity contribution >= 4 is 11.4 Å². The van der Waals surface area contributed by atoms with Crippen molar-refractivity contribution < 1.29 is 9.53 Å². The monoisotopic (exact) mass is 392 g/mol. The number of nitrogens with one attached hydrogen (secondary N) is 1. The van der Waals surface area contributed by atoms with Crippen molar-refractivity contribution in [1.82, 2.24) is 39.2 Å². The highest BCUT2D eigenvalue weighted by molar-refractivity contribution is 5.91. The lowest BCUT2D eigenvalue weighted by atomic mass is 9.99. The van der Waals surface area contributed by atoms with E-state index in [4.69, 9.17) is 9.84 Å². The highest BCUT2D eigenvalue weighted by Crippen LogP contribution is 2.35. The Kier molecular flexibility index (Phi) is 3.86. The lowest BCUT2D eigenvalue weighted by Crippen LogP contribution is -2.42. The summed E-state index contributed by atoms with van der Waals surface area (Å²) in [7, 11) is 3.35. The van der Waals surface area contributed by atoms with Crippen LogP contribution in [0, 0.1) is 6.92 Å². The van der Waals surface area contributed by atoms with Crippen LogP contribution < -0.4 is 4.74 Å². The van der Waals surface area contributed by atoms with Crippen LogP contribution in [0.3, 0.4) is 0 Å². The fourth-order valence-electron chi connectivity index (χ4n) is 3.94. The first-order valence-corrected chi connectivity index (χ1v) is 9.30. The van der Waals surface area contributed by atoms with Crippen LogP contribution in [-0.4, -0.2) is 58.8 Å². The summed E-state index contributed by atoms with van der Waals surface area (Å²) in [5.74, 6) is 1.37. The topological polar surface area (TPSA) is 106 Å². The number of aromatic nitrogens is 7. The summed E-state index contributed by atoms with van der Waals surface area (Å²) in [6, 6.07) is 5.26. The van der Waals surface area contributed by atoms with E-state index in [1.807, 2.05) is 24.4 Å². The van der Waals surface area contributed by atoms with Crippen LogP contribution in [0.2, 0.25) is 0 Å². The predicted octanol–water partition coefficient (Wildman–Crippen LogP) is 1.29. The lowest BCUT2D eigenvalue weighted by molar-refractivity contribution is 0.0669. The number of pyridine rings is 1. The average Bonchev–Trinajstić information content (AvgIpc) is 3.43. The van der Waals surface area contributed by atoms with Gasteiger partial charge in [-0.25, -0.2) is 19.2 Å². The first kappa shape index (κ1) is 17.4. The van der Waals surface area contributed by atoms with Gasteiger partial charge < -0.3 is 14.6 Å². The van der Waals surface area contributed by atoms with Crippen LogP contribution in [-0.2, 0) is 13.5 Å². The fourth-order valence-corrected chi connectivity index (χ4v) is 3.94. The second-order valence-electron chi connectivity index (χ2n) is 7.00. The zero-order valence-electron chi connectivity index (χ0n) is 16.3. The van der Waals surface area contributed by atoms with E-state index in [0.717, 1.165) is 22.6 Å². The molecule has 10 nitrogen and oxygen atoms in total. The van der Waals surface area contributed by atoms with Crippen LogP contribution in [0.25, 0.3) is 5.52 Å². The number of aromatic amines is 1. The number of methoxy groups -OCH3 is 1. The van der Waals surface area contributed by atoms with E-state index in [2.05, 4.69) is 20.1 Å². The number of aryl methyl sites for hydroxylation is 2. The number of carbonyl (C=O) groups is 1. The van der Waals surface area contributed by atoms with E-state index < -0.39 is 6.04 Å². The van der Waals surface area contributed by atoms with Gasteiger partial charge in [-0.3, -0.25) is 4.79 Å². The second kappa shape index (κ2) is 6.43. The van der Waals surface area contributed by atoms with Gasteiger partial charge in [0.1, 0.15) is 23.1 Å². The van der Waals surface area contributed by atoms with E-state index in [9.17, 15) is 4.79 Å². The van der Waals surface area contributed by atoms with Gasteiger partial charge in [-0.15, -0.1) is 0 Å². The van der Waals surface area contributed by atoms with Crippen molar-refractivity contribution in [2.45, 2.75) is 19.4 Å². The Balaban J connectivity index is 1.65. The molecule has 4 aromatic rings. The van der Waals surface area contributed by atoms with Crippen LogP contribution in [0.15, 0.2) is 30.7 Å². The van der Waals surface area contributed by atoms with Crippen molar-refractivity contribution in [2.75, 3.05) is 13.7 Å². The number of amides is 1. The number of hydrogen-bond acceptors (Lipinski definition) is 6. The quantitative estimate of drug-likeness (QED) is 0.563. The van der Waals surface area contributed by atoms with Gasteiger partial charge in [0.25, 0.3) is 5.91 Å². The number of carbonyl (C=O) groups excluding carboxylic acids is 1. The molecule has 1 atom stereocenters. The largest absolute Gasteiger partial charge is 0.494 e. The number of nitrogens with zero attached hydrogens (tertiary/aromatic N) is 7.